The third kappa shape index (κ3) is 4.03. The third-order valence-corrected chi connectivity index (χ3v) is 4.89. The molecule has 0 amide bonds. The first kappa shape index (κ1) is 17.3. The van der Waals surface area contributed by atoms with E-state index in [4.69, 9.17) is 4.74 Å². The van der Waals surface area contributed by atoms with Crippen LogP contribution < -0.4 is 15.0 Å². The number of aromatic nitrogens is 2. The minimum Gasteiger partial charge on any atom is -0.497 e. The number of hydrogen-bond acceptors (Lipinski definition) is 5. The molecule has 0 spiro atoms. The molecule has 0 radical (unpaired) electrons. The number of methoxy groups -OCH3 is 1. The average Bonchev–Trinajstić information content (AvgIpc) is 2.72. The summed E-state index contributed by atoms with van der Waals surface area (Å²) < 4.78 is 5.34. The predicted molar refractivity (Wildman–Crippen MR) is 108 cm³/mol. The molecule has 1 N–H and O–H groups in total. The second-order valence-electron chi connectivity index (χ2n) is 6.80. The topological polar surface area (TPSA) is 50.3 Å². The molecule has 5 heteroatoms. The normalized spacial score (nSPS) is 13.2. The summed E-state index contributed by atoms with van der Waals surface area (Å²) >= 11 is 0. The monoisotopic (exact) mass is 360 g/mol. The van der Waals surface area contributed by atoms with Gasteiger partial charge in [0, 0.05) is 25.7 Å². The lowest BCUT2D eigenvalue weighted by atomic mass is 9.99. The number of fused-ring (bicyclic) bond motifs is 1. The summed E-state index contributed by atoms with van der Waals surface area (Å²) in [6.45, 7) is 4.49. The first-order chi connectivity index (χ1) is 13.2. The van der Waals surface area contributed by atoms with Crippen LogP contribution in [0.4, 0.5) is 11.6 Å². The number of aryl methyl sites for hydroxylation is 1. The third-order valence-electron chi connectivity index (χ3n) is 4.89. The minimum atomic E-state index is 0.749. The van der Waals surface area contributed by atoms with Gasteiger partial charge in [0.05, 0.1) is 7.11 Å². The zero-order valence-corrected chi connectivity index (χ0v) is 15.8. The van der Waals surface area contributed by atoms with Crippen molar-refractivity contribution in [2.75, 3.05) is 23.9 Å². The van der Waals surface area contributed by atoms with Gasteiger partial charge in [-0.15, -0.1) is 0 Å². The Kier molecular flexibility index (Phi) is 4.92. The van der Waals surface area contributed by atoms with Crippen LogP contribution in [0.25, 0.3) is 0 Å². The maximum Gasteiger partial charge on any atom is 0.134 e. The molecule has 1 aromatic heterocycles. The molecule has 2 heterocycles. The molecule has 138 valence electrons. The van der Waals surface area contributed by atoms with Crippen molar-refractivity contribution in [2.45, 2.75) is 26.4 Å². The maximum atomic E-state index is 5.34. The number of ether oxygens (including phenoxy) is 1. The molecule has 0 unspecified atom stereocenters. The Balaban J connectivity index is 1.51. The SMILES string of the molecule is COc1ccc2c(c1)CCN(c1cc(NCc3ccccc3)nc(C)n1)C2. The van der Waals surface area contributed by atoms with Gasteiger partial charge in [-0.2, -0.15) is 0 Å². The van der Waals surface area contributed by atoms with Crippen molar-refractivity contribution in [3.8, 4) is 5.75 Å². The lowest BCUT2D eigenvalue weighted by molar-refractivity contribution is 0.413. The fourth-order valence-electron chi connectivity index (χ4n) is 3.44. The summed E-state index contributed by atoms with van der Waals surface area (Å²) in [6, 6.07) is 18.7. The molecule has 1 aliphatic rings. The molecule has 4 rings (SSSR count). The van der Waals surface area contributed by atoms with Crippen LogP contribution >= 0.6 is 0 Å². The molecular weight excluding hydrogens is 336 g/mol. The van der Waals surface area contributed by atoms with Crippen molar-refractivity contribution >= 4 is 11.6 Å². The molecule has 0 saturated carbocycles. The molecule has 0 bridgehead atoms. The highest BCUT2D eigenvalue weighted by Crippen LogP contribution is 2.27. The molecule has 27 heavy (non-hydrogen) atoms. The molecule has 3 aromatic rings. The Bertz CT molecular complexity index is 927. The average molecular weight is 360 g/mol. The van der Waals surface area contributed by atoms with E-state index in [0.29, 0.717) is 0 Å². The Morgan fingerprint density at radius 1 is 1.04 bits per heavy atom. The molecule has 2 aromatic carbocycles. The quantitative estimate of drug-likeness (QED) is 0.746. The van der Waals surface area contributed by atoms with Gasteiger partial charge < -0.3 is 15.0 Å². The molecule has 0 aliphatic carbocycles. The van der Waals surface area contributed by atoms with Crippen molar-refractivity contribution in [3.63, 3.8) is 0 Å². The van der Waals surface area contributed by atoms with Crippen LogP contribution in [0.1, 0.15) is 22.5 Å². The number of rotatable bonds is 5. The van der Waals surface area contributed by atoms with Crippen LogP contribution in [-0.4, -0.2) is 23.6 Å². The van der Waals surface area contributed by atoms with Crippen molar-refractivity contribution in [3.05, 3.63) is 77.1 Å². The highest BCUT2D eigenvalue weighted by Gasteiger charge is 2.19. The Labute approximate surface area is 160 Å². The van der Waals surface area contributed by atoms with Crippen molar-refractivity contribution < 1.29 is 4.74 Å². The van der Waals surface area contributed by atoms with Gasteiger partial charge in [-0.1, -0.05) is 36.4 Å². The summed E-state index contributed by atoms with van der Waals surface area (Å²) in [5.74, 6) is 3.54. The van der Waals surface area contributed by atoms with Gasteiger partial charge in [0.1, 0.15) is 23.2 Å². The van der Waals surface area contributed by atoms with Gasteiger partial charge in [0.15, 0.2) is 0 Å². The first-order valence-corrected chi connectivity index (χ1v) is 9.25. The van der Waals surface area contributed by atoms with E-state index in [9.17, 15) is 0 Å². The number of benzene rings is 2. The van der Waals surface area contributed by atoms with Crippen molar-refractivity contribution in [1.29, 1.82) is 0 Å². The summed E-state index contributed by atoms with van der Waals surface area (Å²) in [5, 5.41) is 3.42. The van der Waals surface area contributed by atoms with Crippen LogP contribution in [0.2, 0.25) is 0 Å². The smallest absolute Gasteiger partial charge is 0.134 e. The summed E-state index contributed by atoms with van der Waals surface area (Å²) in [5.41, 5.74) is 3.92. The zero-order valence-electron chi connectivity index (χ0n) is 15.8. The Hall–Kier alpha value is -3.08. The van der Waals surface area contributed by atoms with Gasteiger partial charge in [-0.25, -0.2) is 9.97 Å². The largest absolute Gasteiger partial charge is 0.497 e. The van der Waals surface area contributed by atoms with Gasteiger partial charge in [0.2, 0.25) is 0 Å². The van der Waals surface area contributed by atoms with Gasteiger partial charge in [-0.05, 0) is 42.2 Å². The van der Waals surface area contributed by atoms with Crippen LogP contribution in [0.15, 0.2) is 54.6 Å². The number of nitrogens with one attached hydrogen (secondary N) is 1. The fourth-order valence-corrected chi connectivity index (χ4v) is 3.44. The van der Waals surface area contributed by atoms with E-state index in [1.807, 2.05) is 37.3 Å². The fraction of sp³-hybridized carbons (Fsp3) is 0.273. The van der Waals surface area contributed by atoms with Crippen LogP contribution in [0.3, 0.4) is 0 Å². The van der Waals surface area contributed by atoms with Crippen LogP contribution in [0, 0.1) is 6.92 Å². The number of nitrogens with zero attached hydrogens (tertiary/aromatic N) is 3. The van der Waals surface area contributed by atoms with Crippen LogP contribution in [-0.2, 0) is 19.5 Å². The van der Waals surface area contributed by atoms with E-state index in [0.717, 1.165) is 49.3 Å². The second-order valence-corrected chi connectivity index (χ2v) is 6.80. The van der Waals surface area contributed by atoms with E-state index in [-0.39, 0.29) is 0 Å². The van der Waals surface area contributed by atoms with Crippen molar-refractivity contribution in [1.82, 2.24) is 9.97 Å². The summed E-state index contributed by atoms with van der Waals surface area (Å²) in [6.07, 6.45) is 0.988. The molecule has 5 nitrogen and oxygen atoms in total. The van der Waals surface area contributed by atoms with Crippen LogP contribution in [0.5, 0.6) is 5.75 Å². The highest BCUT2D eigenvalue weighted by atomic mass is 16.5. The molecule has 0 fully saturated rings. The van der Waals surface area contributed by atoms with Crippen molar-refractivity contribution in [2.24, 2.45) is 0 Å². The number of hydrogen-bond donors (Lipinski definition) is 1. The van der Waals surface area contributed by atoms with E-state index in [1.165, 1.54) is 16.7 Å². The van der Waals surface area contributed by atoms with E-state index in [1.54, 1.807) is 7.11 Å². The van der Waals surface area contributed by atoms with Gasteiger partial charge in [0.25, 0.3) is 0 Å². The summed E-state index contributed by atoms with van der Waals surface area (Å²) in [4.78, 5) is 11.5. The van der Waals surface area contributed by atoms with Gasteiger partial charge in [-0.3, -0.25) is 0 Å². The molecule has 0 saturated heterocycles. The zero-order chi connectivity index (χ0) is 18.6. The minimum absolute atomic E-state index is 0.749. The molecule has 0 atom stereocenters. The molecule has 1 aliphatic heterocycles. The van der Waals surface area contributed by atoms with E-state index >= 15 is 0 Å². The standard InChI is InChI=1S/C22H24N4O/c1-16-24-21(23-14-17-6-4-3-5-7-17)13-22(25-16)26-11-10-18-12-20(27-2)9-8-19(18)15-26/h3-9,12-13H,10-11,14-15H2,1-2H3,(H,23,24,25). The second kappa shape index (κ2) is 7.66. The lowest BCUT2D eigenvalue weighted by Crippen LogP contribution is -2.31. The first-order valence-electron chi connectivity index (χ1n) is 9.25. The molecular formula is C22H24N4O. The predicted octanol–water partition coefficient (Wildman–Crippen LogP) is 3.97. The number of anilines is 2. The summed E-state index contributed by atoms with van der Waals surface area (Å²) in [7, 11) is 1.71. The van der Waals surface area contributed by atoms with E-state index < -0.39 is 0 Å². The Morgan fingerprint density at radius 2 is 1.89 bits per heavy atom. The highest BCUT2D eigenvalue weighted by molar-refractivity contribution is 5.52. The Morgan fingerprint density at radius 3 is 2.70 bits per heavy atom. The lowest BCUT2D eigenvalue weighted by Gasteiger charge is -2.30. The maximum absolute atomic E-state index is 5.34. The van der Waals surface area contributed by atoms with Gasteiger partial charge >= 0.3 is 0 Å². The van der Waals surface area contributed by atoms with E-state index in [2.05, 4.69) is 44.5 Å².